The number of rotatable bonds is 6. The van der Waals surface area contributed by atoms with Gasteiger partial charge in [0.25, 0.3) is 0 Å². The topological polar surface area (TPSA) is 111 Å². The maximum atomic E-state index is 9.82. The lowest BCUT2D eigenvalue weighted by atomic mass is 9.98. The summed E-state index contributed by atoms with van der Waals surface area (Å²) in [6.45, 7) is 0. The van der Waals surface area contributed by atoms with Gasteiger partial charge in [-0.3, -0.25) is 4.98 Å². The molecule has 0 fully saturated rings. The van der Waals surface area contributed by atoms with E-state index in [1.54, 1.807) is 26.6 Å². The highest BCUT2D eigenvalue weighted by Gasteiger charge is 2.14. The van der Waals surface area contributed by atoms with Crippen LogP contribution in [0.4, 0.5) is 0 Å². The van der Waals surface area contributed by atoms with Crippen LogP contribution in [0.25, 0.3) is 44.8 Å². The summed E-state index contributed by atoms with van der Waals surface area (Å²) in [6.07, 6.45) is 3.44. The van der Waals surface area contributed by atoms with Crippen molar-refractivity contribution < 1.29 is 9.47 Å². The molecule has 0 saturated carbocycles. The number of benzene rings is 2. The first-order chi connectivity index (χ1) is 19.4. The van der Waals surface area contributed by atoms with E-state index in [1.165, 1.54) is 0 Å². The number of hydrogen-bond donors (Lipinski definition) is 2. The minimum atomic E-state index is 0.329. The third-order valence-corrected chi connectivity index (χ3v) is 7.06. The summed E-state index contributed by atoms with van der Waals surface area (Å²) in [7, 11) is 3.21. The summed E-state index contributed by atoms with van der Waals surface area (Å²) in [4.78, 5) is 10.8. The summed E-state index contributed by atoms with van der Waals surface area (Å²) in [5.74, 6) is 1.43. The van der Waals surface area contributed by atoms with E-state index in [4.69, 9.17) is 33.9 Å². The first-order valence-corrected chi connectivity index (χ1v) is 12.9. The Morgan fingerprint density at radius 1 is 0.625 bits per heavy atom. The molecule has 3 aromatic heterocycles. The molecule has 5 rings (SSSR count). The fourth-order valence-electron chi connectivity index (χ4n) is 4.38. The van der Waals surface area contributed by atoms with Gasteiger partial charge in [-0.15, -0.1) is 0 Å². The third kappa shape index (κ3) is 5.12. The van der Waals surface area contributed by atoms with Crippen LogP contribution in [0.15, 0.2) is 79.1 Å². The van der Waals surface area contributed by atoms with Gasteiger partial charge in [0, 0.05) is 46.0 Å². The number of nitrogens with zero attached hydrogens (tertiary/aromatic N) is 3. The van der Waals surface area contributed by atoms with Gasteiger partial charge in [0.1, 0.15) is 32.9 Å². The number of hydrogen-bond acceptors (Lipinski definition) is 7. The maximum Gasteiger partial charge on any atom is 0.122 e. The summed E-state index contributed by atoms with van der Waals surface area (Å²) < 4.78 is 11.2. The van der Waals surface area contributed by atoms with E-state index in [2.05, 4.69) is 27.1 Å². The van der Waals surface area contributed by atoms with Gasteiger partial charge in [0.15, 0.2) is 0 Å². The number of H-pyrrole nitrogens is 2. The van der Waals surface area contributed by atoms with Crippen LogP contribution in [0.1, 0.15) is 11.1 Å². The number of pyridine rings is 3. The molecule has 5 aromatic rings. The number of nitriles is 2. The second kappa shape index (κ2) is 11.3. The van der Waals surface area contributed by atoms with Crippen LogP contribution >= 0.6 is 24.4 Å². The van der Waals surface area contributed by atoms with Gasteiger partial charge < -0.3 is 19.4 Å². The highest BCUT2D eigenvalue weighted by atomic mass is 32.1. The highest BCUT2D eigenvalue weighted by Crippen LogP contribution is 2.33. The average molecular weight is 560 g/mol. The molecule has 0 aliphatic rings. The van der Waals surface area contributed by atoms with Crippen molar-refractivity contribution in [1.29, 1.82) is 10.5 Å². The number of aromatic amines is 2. The minimum Gasteiger partial charge on any atom is -0.497 e. The molecule has 0 radical (unpaired) electrons. The van der Waals surface area contributed by atoms with Gasteiger partial charge >= 0.3 is 0 Å². The molecule has 0 spiro atoms. The zero-order chi connectivity index (χ0) is 28.2. The Balaban J connectivity index is 1.62. The number of nitrogens with one attached hydrogen (secondary N) is 2. The molecule has 0 amide bonds. The van der Waals surface area contributed by atoms with Crippen LogP contribution in [0.5, 0.6) is 11.5 Å². The van der Waals surface area contributed by atoms with E-state index in [1.807, 2.05) is 66.7 Å². The molecule has 40 heavy (non-hydrogen) atoms. The lowest BCUT2D eigenvalue weighted by Crippen LogP contribution is -1.96. The minimum absolute atomic E-state index is 0.329. The van der Waals surface area contributed by atoms with E-state index in [0.717, 1.165) is 22.3 Å². The third-order valence-electron chi connectivity index (χ3n) is 6.45. The van der Waals surface area contributed by atoms with Crippen molar-refractivity contribution in [3.8, 4) is 68.4 Å². The van der Waals surface area contributed by atoms with Gasteiger partial charge in [0.2, 0.25) is 0 Å². The van der Waals surface area contributed by atoms with Gasteiger partial charge in [-0.1, -0.05) is 48.7 Å². The van der Waals surface area contributed by atoms with Gasteiger partial charge in [-0.25, -0.2) is 0 Å². The van der Waals surface area contributed by atoms with Crippen LogP contribution in [0.2, 0.25) is 0 Å². The molecule has 2 N–H and O–H groups in total. The Kier molecular flexibility index (Phi) is 7.52. The number of ether oxygens (including phenoxy) is 2. The number of aromatic nitrogens is 3. The van der Waals surface area contributed by atoms with Crippen molar-refractivity contribution in [3.05, 3.63) is 99.5 Å². The molecule has 0 bridgehead atoms. The Bertz CT molecular complexity index is 1790. The highest BCUT2D eigenvalue weighted by molar-refractivity contribution is 7.71. The van der Waals surface area contributed by atoms with E-state index in [-0.39, 0.29) is 0 Å². The van der Waals surface area contributed by atoms with E-state index in [9.17, 15) is 10.5 Å². The quantitative estimate of drug-likeness (QED) is 0.206. The number of methoxy groups -OCH3 is 2. The zero-order valence-corrected chi connectivity index (χ0v) is 23.1. The summed E-state index contributed by atoms with van der Waals surface area (Å²) in [5.41, 5.74) is 6.77. The Labute approximate surface area is 241 Å². The van der Waals surface area contributed by atoms with Crippen LogP contribution in [0, 0.1) is 31.9 Å². The molecule has 2 aromatic carbocycles. The first kappa shape index (κ1) is 26.5. The molecule has 0 aliphatic carbocycles. The van der Waals surface area contributed by atoms with Crippen LogP contribution in [0.3, 0.4) is 0 Å². The molecule has 7 nitrogen and oxygen atoms in total. The van der Waals surface area contributed by atoms with Crippen LogP contribution < -0.4 is 9.47 Å². The standard InChI is InChI=1S/C31H21N5O2S2/c1-37-22-7-3-18(4-8-22)24-12-28(35-30(39)26(24)14-32)20-11-21(17-34-16-20)29-13-25(27(15-33)31(40)36-29)19-5-9-23(38-2)10-6-19/h3-13,16-17H,1-2H3,(H,35,39)(H,36,40). The molecule has 0 unspecified atom stereocenters. The summed E-state index contributed by atoms with van der Waals surface area (Å²) in [6, 6.07) is 25.1. The molecule has 9 heteroatoms. The van der Waals surface area contributed by atoms with Crippen molar-refractivity contribution in [2.24, 2.45) is 0 Å². The largest absolute Gasteiger partial charge is 0.497 e. The van der Waals surface area contributed by atoms with Crippen molar-refractivity contribution in [3.63, 3.8) is 0 Å². The molecule has 0 saturated heterocycles. The van der Waals surface area contributed by atoms with Crippen LogP contribution in [-0.2, 0) is 0 Å². The summed E-state index contributed by atoms with van der Waals surface area (Å²) in [5, 5.41) is 19.6. The van der Waals surface area contributed by atoms with Gasteiger partial charge in [-0.2, -0.15) is 10.5 Å². The lowest BCUT2D eigenvalue weighted by Gasteiger charge is -2.12. The molecule has 0 atom stereocenters. The predicted octanol–water partition coefficient (Wildman–Crippen LogP) is 7.63. The SMILES string of the molecule is COc1ccc(-c2cc(-c3cncc(-c4cc(-c5ccc(OC)cc5)c(C#N)c(=S)[nH]4)c3)[nH]c(=S)c2C#N)cc1. The summed E-state index contributed by atoms with van der Waals surface area (Å²) >= 11 is 11.1. The second-order valence-electron chi connectivity index (χ2n) is 8.74. The molecular weight excluding hydrogens is 539 g/mol. The molecular formula is C31H21N5O2S2. The van der Waals surface area contributed by atoms with E-state index < -0.39 is 0 Å². The second-order valence-corrected chi connectivity index (χ2v) is 9.56. The smallest absolute Gasteiger partial charge is 0.122 e. The normalized spacial score (nSPS) is 10.4. The van der Waals surface area contributed by atoms with Crippen molar-refractivity contribution >= 4 is 24.4 Å². The van der Waals surface area contributed by atoms with Crippen LogP contribution in [-0.4, -0.2) is 29.2 Å². The monoisotopic (exact) mass is 559 g/mol. The Hall–Kier alpha value is -5.09. The lowest BCUT2D eigenvalue weighted by molar-refractivity contribution is 0.415. The molecule has 194 valence electrons. The van der Waals surface area contributed by atoms with Gasteiger partial charge in [0.05, 0.1) is 25.3 Å². The predicted molar refractivity (Wildman–Crippen MR) is 159 cm³/mol. The first-order valence-electron chi connectivity index (χ1n) is 12.0. The fraction of sp³-hybridized carbons (Fsp3) is 0.0645. The molecule has 3 heterocycles. The average Bonchev–Trinajstić information content (AvgIpc) is 3.00. The Morgan fingerprint density at radius 2 is 1.02 bits per heavy atom. The van der Waals surface area contributed by atoms with Crippen molar-refractivity contribution in [2.45, 2.75) is 0 Å². The fourth-order valence-corrected chi connectivity index (χ4v) is 4.91. The zero-order valence-electron chi connectivity index (χ0n) is 21.5. The van der Waals surface area contributed by atoms with E-state index >= 15 is 0 Å². The molecule has 0 aliphatic heterocycles. The van der Waals surface area contributed by atoms with Gasteiger partial charge in [-0.05, 0) is 53.6 Å². The van der Waals surface area contributed by atoms with E-state index in [0.29, 0.717) is 54.4 Å². The van der Waals surface area contributed by atoms with Crippen molar-refractivity contribution in [2.75, 3.05) is 14.2 Å². The maximum absolute atomic E-state index is 9.82. The van der Waals surface area contributed by atoms with Crippen molar-refractivity contribution in [1.82, 2.24) is 15.0 Å². The Morgan fingerprint density at radius 3 is 1.38 bits per heavy atom.